The molecule has 1 saturated heterocycles. The molecule has 9 heteroatoms. The average molecular weight is 407 g/mol. The molecule has 1 aromatic heterocycles. The van der Waals surface area contributed by atoms with E-state index in [4.69, 9.17) is 14.6 Å². The van der Waals surface area contributed by atoms with Gasteiger partial charge < -0.3 is 19.9 Å². The molecule has 29 heavy (non-hydrogen) atoms. The molecule has 2 heterocycles. The summed E-state index contributed by atoms with van der Waals surface area (Å²) < 4.78 is 39.1. The van der Waals surface area contributed by atoms with E-state index in [1.165, 1.54) is 25.6 Å². The Hall–Kier alpha value is -2.65. The Morgan fingerprint density at radius 3 is 2.62 bits per heavy atom. The number of hydrogen-bond acceptors (Lipinski definition) is 6. The number of nitrogens with zero attached hydrogens (tertiary/aromatic N) is 2. The summed E-state index contributed by atoms with van der Waals surface area (Å²) in [7, 11) is 1.25. The first-order chi connectivity index (χ1) is 13.7. The van der Waals surface area contributed by atoms with E-state index in [2.05, 4.69) is 15.3 Å². The van der Waals surface area contributed by atoms with E-state index in [-0.39, 0.29) is 24.1 Å². The highest BCUT2D eigenvalue weighted by Crippen LogP contribution is 2.49. The Balaban J connectivity index is 1.96. The fourth-order valence-corrected chi connectivity index (χ4v) is 3.57. The number of hydrogen-bond donors (Lipinski definition) is 2. The van der Waals surface area contributed by atoms with Crippen LogP contribution in [0.4, 0.5) is 14.6 Å². The molecule has 2 N–H and O–H groups in total. The van der Waals surface area contributed by atoms with Gasteiger partial charge in [0.1, 0.15) is 6.10 Å². The van der Waals surface area contributed by atoms with Gasteiger partial charge in [0.05, 0.1) is 37.4 Å². The van der Waals surface area contributed by atoms with Gasteiger partial charge in [-0.05, 0) is 25.8 Å². The lowest BCUT2D eigenvalue weighted by Crippen LogP contribution is -2.33. The van der Waals surface area contributed by atoms with Gasteiger partial charge in [-0.1, -0.05) is 13.0 Å². The monoisotopic (exact) mass is 407 g/mol. The van der Waals surface area contributed by atoms with Crippen molar-refractivity contribution in [1.82, 2.24) is 9.97 Å². The van der Waals surface area contributed by atoms with Crippen LogP contribution in [0.1, 0.15) is 37.9 Å². The second kappa shape index (κ2) is 8.00. The lowest BCUT2D eigenvalue weighted by atomic mass is 9.78. The van der Waals surface area contributed by atoms with Gasteiger partial charge >= 0.3 is 0 Å². The molecule has 7 nitrogen and oxygen atoms in total. The molecule has 1 amide bonds. The summed E-state index contributed by atoms with van der Waals surface area (Å²) in [6.07, 6.45) is 1.67. The van der Waals surface area contributed by atoms with E-state index >= 15 is 0 Å². The zero-order valence-electron chi connectivity index (χ0n) is 16.6. The molecule has 1 fully saturated rings. The first-order valence-electron chi connectivity index (χ1n) is 9.12. The molecule has 0 spiro atoms. The molecule has 0 aliphatic carbocycles. The second-order valence-corrected chi connectivity index (χ2v) is 7.48. The van der Waals surface area contributed by atoms with Crippen LogP contribution in [-0.4, -0.2) is 39.8 Å². The summed E-state index contributed by atoms with van der Waals surface area (Å²) >= 11 is 0. The minimum Gasteiger partial charge on any atom is -0.493 e. The lowest BCUT2D eigenvalue weighted by Gasteiger charge is -2.25. The number of benzene rings is 1. The highest BCUT2D eigenvalue weighted by molar-refractivity contribution is 5.94. The molecule has 0 radical (unpaired) electrons. The summed E-state index contributed by atoms with van der Waals surface area (Å²) in [5.41, 5.74) is 0.0141. The van der Waals surface area contributed by atoms with Crippen LogP contribution in [0.25, 0.3) is 0 Å². The zero-order chi connectivity index (χ0) is 21.3. The number of carbonyl (C=O) groups is 1. The van der Waals surface area contributed by atoms with Crippen molar-refractivity contribution in [1.29, 1.82) is 0 Å². The van der Waals surface area contributed by atoms with E-state index in [0.717, 1.165) is 6.07 Å². The third-order valence-electron chi connectivity index (χ3n) is 5.41. The topological polar surface area (TPSA) is 93.6 Å². The predicted octanol–water partition coefficient (Wildman–Crippen LogP) is 2.79. The molecule has 0 bridgehead atoms. The summed E-state index contributed by atoms with van der Waals surface area (Å²) in [6.45, 7) is 5.28. The number of halogens is 2. The molecule has 1 aliphatic heterocycles. The van der Waals surface area contributed by atoms with Gasteiger partial charge in [0.25, 0.3) is 5.91 Å². The molecular weight excluding hydrogens is 384 g/mol. The Labute approximate surface area is 167 Å². The molecule has 1 aliphatic rings. The fraction of sp³-hybridized carbons (Fsp3) is 0.450. The molecule has 3 rings (SSSR count). The van der Waals surface area contributed by atoms with Crippen molar-refractivity contribution in [2.45, 2.75) is 45.0 Å². The minimum atomic E-state index is -1.11. The van der Waals surface area contributed by atoms with Gasteiger partial charge in [-0.25, -0.2) is 9.37 Å². The fourth-order valence-electron chi connectivity index (χ4n) is 3.57. The first kappa shape index (κ1) is 21.1. The summed E-state index contributed by atoms with van der Waals surface area (Å²) in [4.78, 5) is 21.0. The van der Waals surface area contributed by atoms with Crippen molar-refractivity contribution < 1.29 is 28.2 Å². The molecule has 2 aromatic rings. The van der Waals surface area contributed by atoms with Gasteiger partial charge in [-0.2, -0.15) is 4.39 Å². The molecule has 3 atom stereocenters. The van der Waals surface area contributed by atoms with E-state index in [9.17, 15) is 13.6 Å². The Morgan fingerprint density at radius 1 is 1.31 bits per heavy atom. The van der Waals surface area contributed by atoms with Gasteiger partial charge in [0.2, 0.25) is 5.82 Å². The van der Waals surface area contributed by atoms with Crippen molar-refractivity contribution in [3.05, 3.63) is 47.4 Å². The van der Waals surface area contributed by atoms with Crippen LogP contribution in [0.2, 0.25) is 0 Å². The largest absolute Gasteiger partial charge is 0.493 e. The molecular formula is C20H23F2N3O4. The molecule has 0 unspecified atom stereocenters. The van der Waals surface area contributed by atoms with Crippen LogP contribution in [0.15, 0.2) is 24.5 Å². The summed E-state index contributed by atoms with van der Waals surface area (Å²) in [5, 5.41) is 11.7. The summed E-state index contributed by atoms with van der Waals surface area (Å²) in [5.74, 6) is -3.48. The van der Waals surface area contributed by atoms with Crippen LogP contribution in [0.3, 0.4) is 0 Å². The number of aliphatic hydroxyl groups is 1. The first-order valence-corrected chi connectivity index (χ1v) is 9.12. The van der Waals surface area contributed by atoms with E-state index in [1.807, 2.05) is 20.8 Å². The standard InChI is InChI=1S/C20H23F2N3O4/c1-10-15(12-5-6-13(21)16(22)17(12)28-4)18(29-20(10,2)3)19(27)25-14-8-23-11(9-26)7-24-14/h5-8,10,15,18,26H,9H2,1-4H3,(H,24,25,27)/t10-,15-,18+/m0/s1. The third-order valence-corrected chi connectivity index (χ3v) is 5.41. The Kier molecular flexibility index (Phi) is 5.81. The quantitative estimate of drug-likeness (QED) is 0.792. The predicted molar refractivity (Wildman–Crippen MR) is 100 cm³/mol. The van der Waals surface area contributed by atoms with Crippen LogP contribution >= 0.6 is 0 Å². The number of ether oxygens (including phenoxy) is 2. The number of rotatable bonds is 5. The average Bonchev–Trinajstić information content (AvgIpc) is 2.94. The Bertz CT molecular complexity index is 905. The van der Waals surface area contributed by atoms with Crippen molar-refractivity contribution in [2.75, 3.05) is 12.4 Å². The zero-order valence-corrected chi connectivity index (χ0v) is 16.6. The molecule has 0 saturated carbocycles. The van der Waals surface area contributed by atoms with Gasteiger partial charge in [0, 0.05) is 11.5 Å². The normalized spacial score (nSPS) is 23.1. The number of amides is 1. The van der Waals surface area contributed by atoms with Gasteiger partial charge in [-0.15, -0.1) is 0 Å². The number of nitrogens with one attached hydrogen (secondary N) is 1. The number of aliphatic hydroxyl groups excluding tert-OH is 1. The lowest BCUT2D eigenvalue weighted by molar-refractivity contribution is -0.131. The van der Waals surface area contributed by atoms with Crippen LogP contribution in [-0.2, 0) is 16.1 Å². The van der Waals surface area contributed by atoms with Crippen molar-refractivity contribution in [3.8, 4) is 5.75 Å². The minimum absolute atomic E-state index is 0.184. The van der Waals surface area contributed by atoms with Crippen molar-refractivity contribution >= 4 is 11.7 Å². The number of carbonyl (C=O) groups excluding carboxylic acids is 1. The highest BCUT2D eigenvalue weighted by atomic mass is 19.2. The smallest absolute Gasteiger partial charge is 0.255 e. The van der Waals surface area contributed by atoms with E-state index in [0.29, 0.717) is 11.3 Å². The molecule has 156 valence electrons. The number of methoxy groups -OCH3 is 1. The number of anilines is 1. The third kappa shape index (κ3) is 3.92. The van der Waals surface area contributed by atoms with Crippen molar-refractivity contribution in [3.63, 3.8) is 0 Å². The van der Waals surface area contributed by atoms with Crippen LogP contribution in [0, 0.1) is 17.6 Å². The van der Waals surface area contributed by atoms with Gasteiger partial charge in [-0.3, -0.25) is 9.78 Å². The maximum Gasteiger partial charge on any atom is 0.255 e. The second-order valence-electron chi connectivity index (χ2n) is 7.48. The highest BCUT2D eigenvalue weighted by Gasteiger charge is 2.51. The maximum absolute atomic E-state index is 14.3. The summed E-state index contributed by atoms with van der Waals surface area (Å²) in [6, 6.07) is 2.43. The SMILES string of the molecule is COc1c([C@H]2[C@H](C(=O)Nc3cnc(CO)cn3)OC(C)(C)[C@H]2C)ccc(F)c1F. The van der Waals surface area contributed by atoms with Crippen LogP contribution < -0.4 is 10.1 Å². The number of aromatic nitrogens is 2. The van der Waals surface area contributed by atoms with E-state index in [1.54, 1.807) is 0 Å². The van der Waals surface area contributed by atoms with Crippen LogP contribution in [0.5, 0.6) is 5.75 Å². The van der Waals surface area contributed by atoms with Crippen molar-refractivity contribution in [2.24, 2.45) is 5.92 Å². The molecule has 1 aromatic carbocycles. The Morgan fingerprint density at radius 2 is 2.03 bits per heavy atom. The van der Waals surface area contributed by atoms with E-state index < -0.39 is 35.2 Å². The maximum atomic E-state index is 14.3. The van der Waals surface area contributed by atoms with Gasteiger partial charge in [0.15, 0.2) is 17.4 Å².